The van der Waals surface area contributed by atoms with Crippen LogP contribution in [0.1, 0.15) is 21.5 Å². The summed E-state index contributed by atoms with van der Waals surface area (Å²) >= 11 is 0. The smallest absolute Gasteiger partial charge is 0.332 e. The van der Waals surface area contributed by atoms with E-state index in [0.717, 1.165) is 21.9 Å². The Bertz CT molecular complexity index is 1770. The monoisotopic (exact) mass is 616 g/mol. The van der Waals surface area contributed by atoms with E-state index in [0.29, 0.717) is 17.8 Å². The molecule has 0 radical (unpaired) electrons. The van der Waals surface area contributed by atoms with Crippen molar-refractivity contribution >= 4 is 40.2 Å². The number of anilines is 1. The number of nitrogens with zero attached hydrogens (tertiary/aromatic N) is 4. The van der Waals surface area contributed by atoms with E-state index in [-0.39, 0.29) is 49.8 Å². The number of hydrogen-bond donors (Lipinski definition) is 2. The average Bonchev–Trinajstić information content (AvgIpc) is 3.41. The predicted molar refractivity (Wildman–Crippen MR) is 176 cm³/mol. The molecular formula is C36H36N6O4. The van der Waals surface area contributed by atoms with Crippen LogP contribution < -0.4 is 10.6 Å². The number of rotatable bonds is 9. The first-order valence-electron chi connectivity index (χ1n) is 15.3. The summed E-state index contributed by atoms with van der Waals surface area (Å²) < 4.78 is 0. The molecule has 2 fully saturated rings. The fourth-order valence-corrected chi connectivity index (χ4v) is 6.32. The van der Waals surface area contributed by atoms with Crippen molar-refractivity contribution in [3.63, 3.8) is 0 Å². The summed E-state index contributed by atoms with van der Waals surface area (Å²) in [7, 11) is 1.54. The van der Waals surface area contributed by atoms with Crippen molar-refractivity contribution in [3.8, 4) is 0 Å². The number of hydrazine groups is 1. The number of piperazine rings is 1. The minimum absolute atomic E-state index is 0.0394. The molecule has 234 valence electrons. The van der Waals surface area contributed by atoms with Gasteiger partial charge in [-0.15, -0.1) is 6.58 Å². The second kappa shape index (κ2) is 13.3. The summed E-state index contributed by atoms with van der Waals surface area (Å²) in [5, 5.41) is 10.9. The quantitative estimate of drug-likeness (QED) is 0.274. The molecule has 0 bridgehead atoms. The van der Waals surface area contributed by atoms with Crippen LogP contribution in [-0.2, 0) is 22.6 Å². The van der Waals surface area contributed by atoms with Crippen molar-refractivity contribution in [2.45, 2.75) is 25.2 Å². The number of nitrogens with one attached hydrogen (secondary N) is 2. The fourth-order valence-electron chi connectivity index (χ4n) is 6.32. The Morgan fingerprint density at radius 2 is 1.65 bits per heavy atom. The third-order valence-corrected chi connectivity index (χ3v) is 8.54. The topological polar surface area (TPSA) is 105 Å². The van der Waals surface area contributed by atoms with E-state index in [4.69, 9.17) is 0 Å². The molecule has 4 aromatic carbocycles. The SMILES string of the molecule is C=CCN(C(=O)NC)N1CC(=O)N2[C@@H](Cc3ccc(NC(=O)c4ccccc4)cc3)C(=O)N(Cc3cccc4ccccc34)C[C@@H]21. The van der Waals surface area contributed by atoms with Crippen molar-refractivity contribution in [1.29, 1.82) is 0 Å². The standard InChI is InChI=1S/C36H36N6O4/c1-3-20-40(36(46)37-2)41-24-33(43)42-31(21-25-16-18-29(19-17-25)38-34(44)27-11-5-4-6-12-27)35(45)39(23-32(41)42)22-28-14-9-13-26-10-7-8-15-30(26)28/h3-19,31-32H,1,20-24H2,2H3,(H,37,46)(H,38,44)/t31-,32+/m0/s1. The van der Waals surface area contributed by atoms with E-state index in [1.54, 1.807) is 52.2 Å². The van der Waals surface area contributed by atoms with Crippen molar-refractivity contribution < 1.29 is 19.2 Å². The molecule has 0 aromatic heterocycles. The molecule has 2 atom stereocenters. The van der Waals surface area contributed by atoms with Crippen LogP contribution in [0.4, 0.5) is 10.5 Å². The van der Waals surface area contributed by atoms with E-state index in [1.165, 1.54) is 5.01 Å². The van der Waals surface area contributed by atoms with E-state index in [9.17, 15) is 19.2 Å². The number of benzene rings is 4. The van der Waals surface area contributed by atoms with Crippen LogP contribution in [0.15, 0.2) is 110 Å². The number of amides is 5. The van der Waals surface area contributed by atoms with Crippen molar-refractivity contribution in [2.75, 3.05) is 32.0 Å². The lowest BCUT2D eigenvalue weighted by Gasteiger charge is -2.46. The first-order chi connectivity index (χ1) is 22.4. The number of carbonyl (C=O) groups is 4. The summed E-state index contributed by atoms with van der Waals surface area (Å²) in [5.74, 6) is -0.598. The normalized spacial score (nSPS) is 17.9. The van der Waals surface area contributed by atoms with Gasteiger partial charge in [0.1, 0.15) is 12.2 Å². The maximum atomic E-state index is 14.3. The Morgan fingerprint density at radius 1 is 0.935 bits per heavy atom. The summed E-state index contributed by atoms with van der Waals surface area (Å²) in [6, 6.07) is 29.2. The van der Waals surface area contributed by atoms with Gasteiger partial charge in [0.25, 0.3) is 5.91 Å². The Kier molecular flexibility index (Phi) is 8.80. The lowest BCUT2D eigenvalue weighted by molar-refractivity contribution is -0.157. The van der Waals surface area contributed by atoms with E-state index in [1.807, 2.05) is 72.8 Å². The lowest BCUT2D eigenvalue weighted by Crippen LogP contribution is -2.65. The molecule has 6 rings (SSSR count). The molecular weight excluding hydrogens is 580 g/mol. The molecule has 2 aliphatic rings. The lowest BCUT2D eigenvalue weighted by atomic mass is 9.98. The second-order valence-electron chi connectivity index (χ2n) is 11.4. The molecule has 2 N–H and O–H groups in total. The van der Waals surface area contributed by atoms with Gasteiger partial charge in [-0.2, -0.15) is 5.01 Å². The summed E-state index contributed by atoms with van der Waals surface area (Å²) in [5.41, 5.74) is 3.01. The molecule has 2 heterocycles. The van der Waals surface area contributed by atoms with Crippen molar-refractivity contribution in [2.24, 2.45) is 0 Å². The molecule has 2 aliphatic heterocycles. The predicted octanol–water partition coefficient (Wildman–Crippen LogP) is 4.26. The molecule has 2 saturated heterocycles. The highest BCUT2D eigenvalue weighted by molar-refractivity contribution is 6.04. The first kappa shape index (κ1) is 30.5. The molecule has 0 spiro atoms. The Hall–Kier alpha value is -5.48. The fraction of sp³-hybridized carbons (Fsp3) is 0.222. The van der Waals surface area contributed by atoms with Crippen LogP contribution in [0.3, 0.4) is 0 Å². The largest absolute Gasteiger partial charge is 0.340 e. The third kappa shape index (κ3) is 6.07. The van der Waals surface area contributed by atoms with Crippen molar-refractivity contribution in [3.05, 3.63) is 126 Å². The first-order valence-corrected chi connectivity index (χ1v) is 15.3. The Balaban J connectivity index is 1.29. The molecule has 0 aliphatic carbocycles. The van der Waals surface area contributed by atoms with Crippen LogP contribution >= 0.6 is 0 Å². The molecule has 10 heteroatoms. The second-order valence-corrected chi connectivity index (χ2v) is 11.4. The molecule has 0 saturated carbocycles. The Morgan fingerprint density at radius 3 is 2.39 bits per heavy atom. The number of carbonyl (C=O) groups excluding carboxylic acids is 4. The van der Waals surface area contributed by atoms with Gasteiger partial charge in [0, 0.05) is 31.3 Å². The maximum absolute atomic E-state index is 14.3. The highest BCUT2D eigenvalue weighted by Crippen LogP contribution is 2.31. The maximum Gasteiger partial charge on any atom is 0.332 e. The zero-order valence-corrected chi connectivity index (χ0v) is 25.6. The van der Waals surface area contributed by atoms with Crippen molar-refractivity contribution in [1.82, 2.24) is 25.1 Å². The van der Waals surface area contributed by atoms with Gasteiger partial charge < -0.3 is 20.4 Å². The van der Waals surface area contributed by atoms with Crippen LogP contribution in [-0.4, -0.2) is 82.5 Å². The summed E-state index contributed by atoms with van der Waals surface area (Å²) in [6.07, 6.45) is 1.33. The van der Waals surface area contributed by atoms with Crippen LogP contribution in [0, 0.1) is 0 Å². The van der Waals surface area contributed by atoms with Crippen LogP contribution in [0.5, 0.6) is 0 Å². The molecule has 0 unspecified atom stereocenters. The highest BCUT2D eigenvalue weighted by atomic mass is 16.2. The van der Waals surface area contributed by atoms with Gasteiger partial charge in [-0.1, -0.05) is 78.9 Å². The van der Waals surface area contributed by atoms with Gasteiger partial charge in [0.2, 0.25) is 11.8 Å². The van der Waals surface area contributed by atoms with E-state index < -0.39 is 12.2 Å². The third-order valence-electron chi connectivity index (χ3n) is 8.54. The zero-order chi connectivity index (χ0) is 32.2. The number of urea groups is 1. The number of hydrogen-bond acceptors (Lipinski definition) is 5. The minimum atomic E-state index is -0.786. The average molecular weight is 617 g/mol. The van der Waals surface area contributed by atoms with Crippen LogP contribution in [0.2, 0.25) is 0 Å². The zero-order valence-electron chi connectivity index (χ0n) is 25.6. The minimum Gasteiger partial charge on any atom is -0.340 e. The van der Waals surface area contributed by atoms with Gasteiger partial charge in [0.05, 0.1) is 19.6 Å². The summed E-state index contributed by atoms with van der Waals surface area (Å²) in [6.45, 7) is 4.55. The van der Waals surface area contributed by atoms with Crippen LogP contribution in [0.25, 0.3) is 10.8 Å². The molecule has 4 aromatic rings. The van der Waals surface area contributed by atoms with E-state index >= 15 is 0 Å². The van der Waals surface area contributed by atoms with Gasteiger partial charge in [0.15, 0.2) is 0 Å². The Labute approximate surface area is 267 Å². The van der Waals surface area contributed by atoms with Gasteiger partial charge in [-0.25, -0.2) is 4.79 Å². The van der Waals surface area contributed by atoms with E-state index in [2.05, 4.69) is 17.2 Å². The highest BCUT2D eigenvalue weighted by Gasteiger charge is 2.52. The number of fused-ring (bicyclic) bond motifs is 2. The molecule has 5 amide bonds. The molecule has 10 nitrogen and oxygen atoms in total. The van der Waals surface area contributed by atoms with Gasteiger partial charge >= 0.3 is 6.03 Å². The molecule has 46 heavy (non-hydrogen) atoms. The van der Waals surface area contributed by atoms with Gasteiger partial charge in [-0.3, -0.25) is 19.4 Å². The van der Waals surface area contributed by atoms with Gasteiger partial charge in [-0.05, 0) is 46.2 Å². The summed E-state index contributed by atoms with van der Waals surface area (Å²) in [4.78, 5) is 56.9.